The maximum Gasteiger partial charge on any atom is 0.247 e. The number of aliphatic hydroxyl groups is 2. The summed E-state index contributed by atoms with van der Waals surface area (Å²) in [6.45, 7) is 2.29. The molecule has 3 atom stereocenters. The fourth-order valence-corrected chi connectivity index (χ4v) is 6.17. The van der Waals surface area contributed by atoms with Gasteiger partial charge in [-0.1, -0.05) is 44.7 Å². The number of carbonyl (C=O) groups excluding carboxylic acids is 3. The normalized spacial score (nSPS) is 17.6. The second-order valence-electron chi connectivity index (χ2n) is 11.0. The van der Waals surface area contributed by atoms with E-state index in [2.05, 4.69) is 12.2 Å². The maximum absolute atomic E-state index is 13.8. The van der Waals surface area contributed by atoms with E-state index in [-0.39, 0.29) is 25.5 Å². The van der Waals surface area contributed by atoms with Crippen LogP contribution in [0.3, 0.4) is 0 Å². The van der Waals surface area contributed by atoms with Crippen molar-refractivity contribution in [2.75, 3.05) is 33.9 Å². The highest BCUT2D eigenvalue weighted by atomic mass is 127. The Morgan fingerprint density at radius 1 is 1.11 bits per heavy atom. The molecule has 10 nitrogen and oxygen atoms in total. The fourth-order valence-electron chi connectivity index (χ4n) is 5.41. The predicted molar refractivity (Wildman–Crippen MR) is 180 cm³/mol. The van der Waals surface area contributed by atoms with Crippen molar-refractivity contribution in [1.29, 1.82) is 0 Å². The summed E-state index contributed by atoms with van der Waals surface area (Å²) in [4.78, 5) is 40.2. The van der Waals surface area contributed by atoms with Gasteiger partial charge in [-0.25, -0.2) is 0 Å². The summed E-state index contributed by atoms with van der Waals surface area (Å²) in [5.74, 6) is 0.812. The van der Waals surface area contributed by atoms with Gasteiger partial charge in [0, 0.05) is 37.1 Å². The molecule has 11 heteroatoms. The Morgan fingerprint density at radius 2 is 1.89 bits per heavy atom. The highest BCUT2D eigenvalue weighted by Crippen LogP contribution is 2.37. The first kappa shape index (κ1) is 36.3. The number of ether oxygens (including phenoxy) is 3. The number of nitrogens with one attached hydrogen (secondary N) is 1. The van der Waals surface area contributed by atoms with Crippen LogP contribution in [0.2, 0.25) is 0 Å². The van der Waals surface area contributed by atoms with Crippen molar-refractivity contribution >= 4 is 40.7 Å². The first-order valence-electron chi connectivity index (χ1n) is 15.5. The summed E-state index contributed by atoms with van der Waals surface area (Å²) >= 11 is 2.03. The van der Waals surface area contributed by atoms with Gasteiger partial charge in [-0.15, -0.1) is 0 Å². The molecule has 0 radical (unpaired) electrons. The summed E-state index contributed by atoms with van der Waals surface area (Å²) in [6, 6.07) is 10.0. The fraction of sp³-hybridized carbons (Fsp3) is 0.500. The monoisotopic (exact) mass is 736 g/mol. The molecule has 0 aliphatic heterocycles. The van der Waals surface area contributed by atoms with Crippen molar-refractivity contribution in [3.63, 3.8) is 0 Å². The molecule has 2 aromatic carbocycles. The number of rotatable bonds is 18. The van der Waals surface area contributed by atoms with Gasteiger partial charge >= 0.3 is 0 Å². The average Bonchev–Trinajstić information content (AvgIpc) is 3.05. The molecule has 45 heavy (non-hydrogen) atoms. The molecule has 2 aromatic rings. The van der Waals surface area contributed by atoms with Gasteiger partial charge in [0.05, 0.1) is 30.4 Å². The molecule has 1 aliphatic rings. The molecule has 2 amide bonds. The minimum absolute atomic E-state index is 0.0596. The highest BCUT2D eigenvalue weighted by Gasteiger charge is 2.40. The van der Waals surface area contributed by atoms with Gasteiger partial charge in [0.15, 0.2) is 11.5 Å². The number of halogens is 1. The number of hydrogen-bond acceptors (Lipinski definition) is 8. The minimum Gasteiger partial charge on any atom is -0.497 e. The van der Waals surface area contributed by atoms with Crippen LogP contribution in [-0.2, 0) is 16.0 Å². The summed E-state index contributed by atoms with van der Waals surface area (Å²) in [5.41, 5.74) is 1.71. The number of benzene rings is 2. The molecule has 0 heterocycles. The van der Waals surface area contributed by atoms with Crippen LogP contribution in [0.15, 0.2) is 48.0 Å². The Labute approximate surface area is 279 Å². The Kier molecular flexibility index (Phi) is 15.1. The first-order chi connectivity index (χ1) is 21.8. The standard InChI is InChI=1S/C34H45IN2O8/c1-4-5-6-7-8-12-31(40)37(15-13-23-10-9-11-26(17-23)43-2)28-20-25(34(42)36-14-16-38)21-29(32(28)41)45-33-27(35)18-24(22-39)19-30(33)44-3/h9-11,17-19,21-22,28-29,32,38,41H,4-8,12-16,20H2,1-3H3,(H,36,42). The van der Waals surface area contributed by atoms with Crippen LogP contribution in [0.4, 0.5) is 0 Å². The SMILES string of the molecule is CCCCCCCC(=O)N(CCc1cccc(OC)c1)C1CC(C(=O)NCCO)=CC(Oc2c(I)cc(C=O)cc2OC)C1O. The lowest BCUT2D eigenvalue weighted by Gasteiger charge is -2.41. The number of aldehydes is 1. The Balaban J connectivity index is 1.97. The third-order valence-corrected chi connectivity index (χ3v) is 8.65. The van der Waals surface area contributed by atoms with Gasteiger partial charge in [0.2, 0.25) is 11.8 Å². The molecule has 0 saturated heterocycles. The predicted octanol–water partition coefficient (Wildman–Crippen LogP) is 4.47. The minimum atomic E-state index is -1.18. The van der Waals surface area contributed by atoms with Crippen LogP contribution in [0.1, 0.15) is 67.8 Å². The molecule has 0 spiro atoms. The zero-order valence-electron chi connectivity index (χ0n) is 26.3. The van der Waals surface area contributed by atoms with Crippen molar-refractivity contribution in [2.45, 2.75) is 76.5 Å². The maximum atomic E-state index is 13.8. The van der Waals surface area contributed by atoms with Gasteiger partial charge in [-0.2, -0.15) is 0 Å². The van der Waals surface area contributed by atoms with Gasteiger partial charge in [-0.05, 0) is 71.3 Å². The zero-order chi connectivity index (χ0) is 32.8. The van der Waals surface area contributed by atoms with Gasteiger partial charge in [0.25, 0.3) is 0 Å². The van der Waals surface area contributed by atoms with E-state index in [1.807, 2.05) is 46.9 Å². The molecule has 0 saturated carbocycles. The smallest absolute Gasteiger partial charge is 0.247 e. The van der Waals surface area contributed by atoms with E-state index in [4.69, 9.17) is 14.2 Å². The van der Waals surface area contributed by atoms with E-state index in [1.54, 1.807) is 24.2 Å². The molecule has 0 bridgehead atoms. The second kappa shape index (κ2) is 18.7. The van der Waals surface area contributed by atoms with Crippen LogP contribution in [0.5, 0.6) is 17.2 Å². The van der Waals surface area contributed by atoms with Crippen molar-refractivity contribution in [2.24, 2.45) is 0 Å². The van der Waals surface area contributed by atoms with E-state index >= 15 is 0 Å². The number of unbranched alkanes of at least 4 members (excludes halogenated alkanes) is 4. The van der Waals surface area contributed by atoms with Crippen molar-refractivity contribution < 1.29 is 38.8 Å². The van der Waals surface area contributed by atoms with Crippen LogP contribution in [-0.4, -0.2) is 85.4 Å². The summed E-state index contributed by atoms with van der Waals surface area (Å²) in [5, 5.41) is 23.8. The number of hydrogen-bond donors (Lipinski definition) is 3. The van der Waals surface area contributed by atoms with E-state index in [1.165, 1.54) is 13.2 Å². The largest absolute Gasteiger partial charge is 0.497 e. The summed E-state index contributed by atoms with van der Waals surface area (Å²) in [7, 11) is 3.06. The van der Waals surface area contributed by atoms with E-state index in [0.717, 1.165) is 37.7 Å². The molecule has 0 fully saturated rings. The summed E-state index contributed by atoms with van der Waals surface area (Å²) in [6.07, 6.45) is 5.96. The lowest BCUT2D eigenvalue weighted by Crippen LogP contribution is -2.55. The van der Waals surface area contributed by atoms with E-state index < -0.39 is 24.2 Å². The second-order valence-corrected chi connectivity index (χ2v) is 12.2. The van der Waals surface area contributed by atoms with Gasteiger partial charge in [0.1, 0.15) is 24.2 Å². The van der Waals surface area contributed by atoms with Crippen LogP contribution in [0.25, 0.3) is 0 Å². The molecule has 0 aromatic heterocycles. The lowest BCUT2D eigenvalue weighted by atomic mass is 9.87. The molecule has 3 rings (SSSR count). The van der Waals surface area contributed by atoms with Gasteiger partial charge in [-0.3, -0.25) is 14.4 Å². The topological polar surface area (TPSA) is 135 Å². The highest BCUT2D eigenvalue weighted by molar-refractivity contribution is 14.1. The number of nitrogens with zero attached hydrogens (tertiary/aromatic N) is 1. The van der Waals surface area contributed by atoms with Crippen molar-refractivity contribution in [3.05, 3.63) is 62.7 Å². The average molecular weight is 737 g/mol. The summed E-state index contributed by atoms with van der Waals surface area (Å²) < 4.78 is 17.8. The number of carbonyl (C=O) groups is 3. The molecule has 1 aliphatic carbocycles. The van der Waals surface area contributed by atoms with Crippen LogP contribution >= 0.6 is 22.6 Å². The Hall–Kier alpha value is -3.16. The Bertz CT molecular complexity index is 1320. The molecule has 3 unspecified atom stereocenters. The molecule has 3 N–H and O–H groups in total. The third kappa shape index (κ3) is 10.4. The van der Waals surface area contributed by atoms with E-state index in [9.17, 15) is 24.6 Å². The van der Waals surface area contributed by atoms with Gasteiger partial charge < -0.3 is 34.6 Å². The molecule has 246 valence electrons. The molecular weight excluding hydrogens is 691 g/mol. The number of amides is 2. The van der Waals surface area contributed by atoms with Crippen molar-refractivity contribution in [3.8, 4) is 17.2 Å². The third-order valence-electron chi connectivity index (χ3n) is 7.85. The van der Waals surface area contributed by atoms with Crippen LogP contribution < -0.4 is 19.5 Å². The van der Waals surface area contributed by atoms with Crippen LogP contribution in [0, 0.1) is 3.57 Å². The number of aliphatic hydroxyl groups excluding tert-OH is 2. The van der Waals surface area contributed by atoms with Crippen molar-refractivity contribution in [1.82, 2.24) is 10.2 Å². The zero-order valence-corrected chi connectivity index (χ0v) is 28.5. The molecular formula is C34H45IN2O8. The Morgan fingerprint density at radius 3 is 2.58 bits per heavy atom. The lowest BCUT2D eigenvalue weighted by molar-refractivity contribution is -0.138. The number of methoxy groups -OCH3 is 2. The quantitative estimate of drug-likeness (QED) is 0.116. The first-order valence-corrected chi connectivity index (χ1v) is 16.5. The van der Waals surface area contributed by atoms with E-state index in [0.29, 0.717) is 57.6 Å².